The molecule has 6 N–H and O–H groups in total. The Bertz CT molecular complexity index is 1420. The number of H-pyrrole nitrogens is 1. The Labute approximate surface area is 212 Å². The molecule has 0 aliphatic carbocycles. The van der Waals surface area contributed by atoms with Crippen LogP contribution in [0.25, 0.3) is 22.0 Å². The Kier molecular flexibility index (Phi) is 7.61. The number of halogens is 1. The lowest BCUT2D eigenvalue weighted by atomic mass is 9.98. The van der Waals surface area contributed by atoms with Crippen LogP contribution in [0.4, 0.5) is 14.9 Å². The van der Waals surface area contributed by atoms with Crippen molar-refractivity contribution in [2.24, 2.45) is 5.73 Å². The molecule has 2 amide bonds. The third kappa shape index (κ3) is 5.22. The molecule has 4 aromatic rings. The summed E-state index contributed by atoms with van der Waals surface area (Å²) in [5.74, 6) is -1.01. The van der Waals surface area contributed by atoms with Gasteiger partial charge in [0.15, 0.2) is 0 Å². The normalized spacial score (nSPS) is 11.9. The van der Waals surface area contributed by atoms with E-state index in [9.17, 15) is 19.1 Å². The molecule has 1 unspecified atom stereocenters. The van der Waals surface area contributed by atoms with Gasteiger partial charge in [-0.1, -0.05) is 42.5 Å². The van der Waals surface area contributed by atoms with Gasteiger partial charge in [-0.2, -0.15) is 11.8 Å². The predicted molar refractivity (Wildman–Crippen MR) is 143 cm³/mol. The smallest absolute Gasteiger partial charge is 0.352 e. The monoisotopic (exact) mass is 506 g/mol. The second-order valence-corrected chi connectivity index (χ2v) is 9.28. The van der Waals surface area contributed by atoms with Crippen LogP contribution in [0.1, 0.15) is 40.1 Å². The largest absolute Gasteiger partial charge is 0.477 e. The molecular weight excluding hydrogens is 479 g/mol. The second kappa shape index (κ2) is 10.8. The lowest BCUT2D eigenvalue weighted by Crippen LogP contribution is -2.31. The molecule has 0 aliphatic rings. The number of urea groups is 1. The van der Waals surface area contributed by atoms with E-state index in [1.165, 1.54) is 17.8 Å². The molecule has 186 valence electrons. The maximum absolute atomic E-state index is 14.7. The van der Waals surface area contributed by atoms with Crippen LogP contribution in [0.15, 0.2) is 60.7 Å². The van der Waals surface area contributed by atoms with Crippen molar-refractivity contribution in [2.45, 2.75) is 25.3 Å². The highest BCUT2D eigenvalue weighted by molar-refractivity contribution is 7.97. The molecule has 1 aromatic heterocycles. The van der Waals surface area contributed by atoms with Crippen LogP contribution in [-0.4, -0.2) is 28.3 Å². The van der Waals surface area contributed by atoms with Crippen LogP contribution in [-0.2, 0) is 12.3 Å². The number of nitrogens with one attached hydrogen (secondary N) is 3. The molecule has 1 atom stereocenters. The summed E-state index contributed by atoms with van der Waals surface area (Å²) in [6, 6.07) is 16.6. The number of carboxylic acids is 1. The van der Waals surface area contributed by atoms with Crippen molar-refractivity contribution in [1.82, 2.24) is 10.3 Å². The van der Waals surface area contributed by atoms with Gasteiger partial charge in [0, 0.05) is 28.9 Å². The first-order valence-electron chi connectivity index (χ1n) is 11.3. The minimum absolute atomic E-state index is 0.0360. The van der Waals surface area contributed by atoms with Gasteiger partial charge in [-0.05, 0) is 53.6 Å². The number of hydrogen-bond acceptors (Lipinski definition) is 4. The second-order valence-electron chi connectivity index (χ2n) is 8.41. The molecule has 0 aliphatic heterocycles. The van der Waals surface area contributed by atoms with Crippen LogP contribution in [0.5, 0.6) is 0 Å². The number of nitrogens with two attached hydrogens (primary N) is 1. The number of hydrogen-bond donors (Lipinski definition) is 5. The molecule has 0 saturated heterocycles. The molecule has 0 spiro atoms. The first-order valence-corrected chi connectivity index (χ1v) is 12.7. The van der Waals surface area contributed by atoms with Gasteiger partial charge in [0.2, 0.25) is 0 Å². The van der Waals surface area contributed by atoms with Gasteiger partial charge in [-0.25, -0.2) is 14.0 Å². The highest BCUT2D eigenvalue weighted by Gasteiger charge is 2.23. The summed E-state index contributed by atoms with van der Waals surface area (Å²) < 4.78 is 14.7. The first-order chi connectivity index (χ1) is 17.3. The number of para-hydroxylation sites is 1. The van der Waals surface area contributed by atoms with E-state index in [0.717, 1.165) is 5.56 Å². The fourth-order valence-electron chi connectivity index (χ4n) is 4.20. The number of carboxylic acid groups (broad SMARTS) is 1. The summed E-state index contributed by atoms with van der Waals surface area (Å²) in [4.78, 5) is 27.7. The van der Waals surface area contributed by atoms with E-state index in [2.05, 4.69) is 15.6 Å². The Balaban J connectivity index is 1.66. The lowest BCUT2D eigenvalue weighted by molar-refractivity contribution is 0.0692. The average molecular weight is 507 g/mol. The minimum atomic E-state index is -1.15. The third-order valence-corrected chi connectivity index (χ3v) is 6.58. The fourth-order valence-corrected chi connectivity index (χ4v) is 4.75. The molecule has 1 heterocycles. The van der Waals surface area contributed by atoms with Gasteiger partial charge in [0.05, 0.1) is 11.6 Å². The zero-order chi connectivity index (χ0) is 25.8. The van der Waals surface area contributed by atoms with E-state index in [1.807, 2.05) is 31.4 Å². The topological polar surface area (TPSA) is 120 Å². The number of aromatic carboxylic acids is 1. The van der Waals surface area contributed by atoms with Crippen molar-refractivity contribution in [2.75, 3.05) is 11.6 Å². The highest BCUT2D eigenvalue weighted by atomic mass is 32.2. The van der Waals surface area contributed by atoms with Gasteiger partial charge >= 0.3 is 12.0 Å². The fraction of sp³-hybridized carbons (Fsp3) is 0.185. The van der Waals surface area contributed by atoms with E-state index in [1.54, 1.807) is 36.4 Å². The zero-order valence-electron chi connectivity index (χ0n) is 19.9. The van der Waals surface area contributed by atoms with Gasteiger partial charge in [0.1, 0.15) is 11.5 Å². The van der Waals surface area contributed by atoms with E-state index >= 15 is 0 Å². The number of aromatic nitrogens is 1. The molecule has 36 heavy (non-hydrogen) atoms. The quantitative estimate of drug-likeness (QED) is 0.204. The van der Waals surface area contributed by atoms with Gasteiger partial charge in [-0.15, -0.1) is 0 Å². The maximum Gasteiger partial charge on any atom is 0.352 e. The molecule has 4 rings (SSSR count). The molecule has 3 aromatic carbocycles. The standard InChI is InChI=1S/C27H27FN4O3S/c1-15(30-27(35)31-19-10-6-16(13-29)7-11-19)20-4-3-5-21-23(25(26(33)34)32-24(20)21)17-8-9-18(14-36-2)22(28)12-17/h3-12,15,32H,13-14,29H2,1-2H3,(H,33,34)(H2,30,31,35). The molecule has 7 nitrogen and oxygen atoms in total. The summed E-state index contributed by atoms with van der Waals surface area (Å²) in [5.41, 5.74) is 9.86. The summed E-state index contributed by atoms with van der Waals surface area (Å²) in [7, 11) is 0. The molecular formula is C27H27FN4O3S. The number of fused-ring (bicyclic) bond motifs is 1. The van der Waals surface area contributed by atoms with Crippen LogP contribution < -0.4 is 16.4 Å². The van der Waals surface area contributed by atoms with Crippen molar-refractivity contribution in [1.29, 1.82) is 0 Å². The number of carbonyl (C=O) groups is 2. The summed E-state index contributed by atoms with van der Waals surface area (Å²) in [5, 5.41) is 16.2. The average Bonchev–Trinajstić information content (AvgIpc) is 3.26. The van der Waals surface area contributed by atoms with E-state index in [0.29, 0.717) is 51.1 Å². The molecule has 0 saturated carbocycles. The number of carbonyl (C=O) groups excluding carboxylic acids is 1. The first kappa shape index (κ1) is 25.3. The number of rotatable bonds is 8. The van der Waals surface area contributed by atoms with Crippen molar-refractivity contribution in [3.05, 3.63) is 88.9 Å². The van der Waals surface area contributed by atoms with Crippen molar-refractivity contribution in [3.8, 4) is 11.1 Å². The van der Waals surface area contributed by atoms with E-state index in [-0.39, 0.29) is 11.5 Å². The summed E-state index contributed by atoms with van der Waals surface area (Å²) in [6.45, 7) is 2.22. The van der Waals surface area contributed by atoms with E-state index < -0.39 is 18.0 Å². The van der Waals surface area contributed by atoms with Crippen molar-refractivity contribution < 1.29 is 19.1 Å². The van der Waals surface area contributed by atoms with Crippen LogP contribution in [0.3, 0.4) is 0 Å². The molecule has 0 radical (unpaired) electrons. The minimum Gasteiger partial charge on any atom is -0.477 e. The summed E-state index contributed by atoms with van der Waals surface area (Å²) >= 11 is 1.51. The van der Waals surface area contributed by atoms with Crippen LogP contribution in [0.2, 0.25) is 0 Å². The van der Waals surface area contributed by atoms with Crippen LogP contribution in [0, 0.1) is 5.82 Å². The Morgan fingerprint density at radius 1 is 1.14 bits per heavy atom. The Morgan fingerprint density at radius 2 is 1.89 bits per heavy atom. The number of anilines is 1. The number of thioether (sulfide) groups is 1. The highest BCUT2D eigenvalue weighted by Crippen LogP contribution is 2.36. The van der Waals surface area contributed by atoms with Gasteiger partial charge in [-0.3, -0.25) is 0 Å². The summed E-state index contributed by atoms with van der Waals surface area (Å²) in [6.07, 6.45) is 1.89. The van der Waals surface area contributed by atoms with Gasteiger partial charge in [0.25, 0.3) is 0 Å². The Hall–Kier alpha value is -3.82. The Morgan fingerprint density at radius 3 is 2.53 bits per heavy atom. The van der Waals surface area contributed by atoms with Crippen LogP contribution >= 0.6 is 11.8 Å². The zero-order valence-corrected chi connectivity index (χ0v) is 20.7. The van der Waals surface area contributed by atoms with Crippen molar-refractivity contribution >= 4 is 40.4 Å². The molecule has 0 bridgehead atoms. The maximum atomic E-state index is 14.7. The molecule has 9 heteroatoms. The number of aromatic amines is 1. The SMILES string of the molecule is CSCc1ccc(-c2c(C(=O)O)[nH]c3c(C(C)NC(=O)Nc4ccc(CN)cc4)cccc23)cc1F. The van der Waals surface area contributed by atoms with Gasteiger partial charge < -0.3 is 26.5 Å². The number of amides is 2. The third-order valence-electron chi connectivity index (χ3n) is 5.98. The van der Waals surface area contributed by atoms with Crippen molar-refractivity contribution in [3.63, 3.8) is 0 Å². The number of benzene rings is 3. The van der Waals surface area contributed by atoms with E-state index in [4.69, 9.17) is 5.73 Å². The molecule has 0 fully saturated rings. The lowest BCUT2D eigenvalue weighted by Gasteiger charge is -2.16. The predicted octanol–water partition coefficient (Wildman–Crippen LogP) is 5.88.